The number of aliphatic imine (C=N–C) groups is 1. The second-order valence-corrected chi connectivity index (χ2v) is 2.38. The topological polar surface area (TPSA) is 12.4 Å². The van der Waals surface area contributed by atoms with Gasteiger partial charge in [-0.15, -0.1) is 0 Å². The third kappa shape index (κ3) is 1.02. The predicted molar refractivity (Wildman–Crippen MR) is 31.7 cm³/mol. The lowest BCUT2D eigenvalue weighted by Crippen LogP contribution is -1.81. The van der Waals surface area contributed by atoms with Crippen LogP contribution in [0.15, 0.2) is 4.99 Å². The summed E-state index contributed by atoms with van der Waals surface area (Å²) in [7, 11) is 0. The lowest BCUT2D eigenvalue weighted by Gasteiger charge is -1.82. The highest BCUT2D eigenvalue weighted by atomic mass is 14.7. The Hall–Kier alpha value is -0.330. The second-order valence-electron chi connectivity index (χ2n) is 2.38. The standard InChI is InChI=1S/C6H11N/c1-5-3-6(5)4-7-2/h5-6H,2-4H2,1H3. The summed E-state index contributed by atoms with van der Waals surface area (Å²) >= 11 is 0. The molecular weight excluding hydrogens is 86.1 g/mol. The molecule has 1 aliphatic carbocycles. The van der Waals surface area contributed by atoms with Gasteiger partial charge >= 0.3 is 0 Å². The molecule has 40 valence electrons. The first-order chi connectivity index (χ1) is 3.34. The number of hydrogen-bond acceptors (Lipinski definition) is 1. The molecule has 1 aliphatic rings. The molecule has 2 atom stereocenters. The van der Waals surface area contributed by atoms with Crippen LogP contribution >= 0.6 is 0 Å². The molecule has 0 aromatic rings. The first-order valence-electron chi connectivity index (χ1n) is 2.77. The Morgan fingerprint density at radius 3 is 2.57 bits per heavy atom. The highest BCUT2D eigenvalue weighted by molar-refractivity contribution is 5.23. The molecule has 1 saturated carbocycles. The summed E-state index contributed by atoms with van der Waals surface area (Å²) in [4.78, 5) is 3.80. The molecule has 0 saturated heterocycles. The van der Waals surface area contributed by atoms with Crippen molar-refractivity contribution in [1.29, 1.82) is 0 Å². The third-order valence-electron chi connectivity index (χ3n) is 1.64. The van der Waals surface area contributed by atoms with E-state index in [1.54, 1.807) is 0 Å². The van der Waals surface area contributed by atoms with Crippen LogP contribution in [-0.2, 0) is 0 Å². The van der Waals surface area contributed by atoms with Crippen LogP contribution in [0.4, 0.5) is 0 Å². The van der Waals surface area contributed by atoms with Gasteiger partial charge in [-0.05, 0) is 25.0 Å². The maximum atomic E-state index is 3.80. The molecule has 0 bridgehead atoms. The summed E-state index contributed by atoms with van der Waals surface area (Å²) in [5.41, 5.74) is 0. The highest BCUT2D eigenvalue weighted by Gasteiger charge is 2.31. The number of nitrogens with zero attached hydrogens (tertiary/aromatic N) is 1. The summed E-state index contributed by atoms with van der Waals surface area (Å²) in [6, 6.07) is 0. The molecule has 0 radical (unpaired) electrons. The maximum absolute atomic E-state index is 3.80. The van der Waals surface area contributed by atoms with Gasteiger partial charge in [0.15, 0.2) is 0 Å². The van der Waals surface area contributed by atoms with Gasteiger partial charge in [-0.2, -0.15) is 0 Å². The normalized spacial score (nSPS) is 37.9. The first-order valence-corrected chi connectivity index (χ1v) is 2.77. The molecule has 0 aliphatic heterocycles. The Balaban J connectivity index is 2.08. The summed E-state index contributed by atoms with van der Waals surface area (Å²) in [6.45, 7) is 6.67. The number of rotatable bonds is 2. The SMILES string of the molecule is C=NCC1CC1C. The molecule has 1 nitrogen and oxygen atoms in total. The fraction of sp³-hybridized carbons (Fsp3) is 0.833. The Morgan fingerprint density at radius 1 is 1.86 bits per heavy atom. The van der Waals surface area contributed by atoms with Crippen LogP contribution < -0.4 is 0 Å². The number of hydrogen-bond donors (Lipinski definition) is 0. The minimum absolute atomic E-state index is 0.887. The van der Waals surface area contributed by atoms with Crippen molar-refractivity contribution in [2.75, 3.05) is 6.54 Å². The van der Waals surface area contributed by atoms with E-state index in [0.717, 1.165) is 18.4 Å². The molecule has 0 spiro atoms. The zero-order valence-electron chi connectivity index (χ0n) is 4.72. The van der Waals surface area contributed by atoms with Crippen LogP contribution in [0.25, 0.3) is 0 Å². The zero-order chi connectivity index (χ0) is 5.28. The van der Waals surface area contributed by atoms with Crippen LogP contribution in [0, 0.1) is 11.8 Å². The van der Waals surface area contributed by atoms with E-state index >= 15 is 0 Å². The summed E-state index contributed by atoms with van der Waals surface area (Å²) in [5, 5.41) is 0. The van der Waals surface area contributed by atoms with Crippen molar-refractivity contribution in [3.63, 3.8) is 0 Å². The monoisotopic (exact) mass is 97.1 g/mol. The second kappa shape index (κ2) is 1.65. The molecule has 2 unspecified atom stereocenters. The Labute approximate surface area is 44.5 Å². The van der Waals surface area contributed by atoms with Gasteiger partial charge in [-0.25, -0.2) is 0 Å². The van der Waals surface area contributed by atoms with Crippen molar-refractivity contribution in [2.45, 2.75) is 13.3 Å². The molecule has 1 fully saturated rings. The average Bonchev–Trinajstić information content (AvgIpc) is 2.22. The molecule has 0 N–H and O–H groups in total. The van der Waals surface area contributed by atoms with Crippen molar-refractivity contribution < 1.29 is 0 Å². The predicted octanol–water partition coefficient (Wildman–Crippen LogP) is 1.34. The fourth-order valence-corrected chi connectivity index (χ4v) is 0.819. The smallest absolute Gasteiger partial charge is 0.0413 e. The van der Waals surface area contributed by atoms with Gasteiger partial charge in [0, 0.05) is 6.54 Å². The van der Waals surface area contributed by atoms with Crippen molar-refractivity contribution in [3.8, 4) is 0 Å². The van der Waals surface area contributed by atoms with Crippen molar-refractivity contribution in [3.05, 3.63) is 0 Å². The van der Waals surface area contributed by atoms with E-state index < -0.39 is 0 Å². The Bertz CT molecular complexity index is 78.2. The molecule has 0 heterocycles. The van der Waals surface area contributed by atoms with Crippen molar-refractivity contribution in [1.82, 2.24) is 0 Å². The fourth-order valence-electron chi connectivity index (χ4n) is 0.819. The zero-order valence-corrected chi connectivity index (χ0v) is 4.72. The van der Waals surface area contributed by atoms with E-state index in [1.807, 2.05) is 0 Å². The van der Waals surface area contributed by atoms with E-state index in [0.29, 0.717) is 0 Å². The van der Waals surface area contributed by atoms with E-state index in [-0.39, 0.29) is 0 Å². The van der Waals surface area contributed by atoms with Gasteiger partial charge in [-0.1, -0.05) is 6.92 Å². The van der Waals surface area contributed by atoms with Gasteiger partial charge in [0.25, 0.3) is 0 Å². The maximum Gasteiger partial charge on any atom is 0.0413 e. The van der Waals surface area contributed by atoms with Gasteiger partial charge in [0.1, 0.15) is 0 Å². The van der Waals surface area contributed by atoms with Gasteiger partial charge in [0.2, 0.25) is 0 Å². The molecule has 7 heavy (non-hydrogen) atoms. The lowest BCUT2D eigenvalue weighted by atomic mass is 10.3. The lowest BCUT2D eigenvalue weighted by molar-refractivity contribution is 0.765. The van der Waals surface area contributed by atoms with Crippen molar-refractivity contribution >= 4 is 6.72 Å². The van der Waals surface area contributed by atoms with Gasteiger partial charge in [-0.3, -0.25) is 0 Å². The Morgan fingerprint density at radius 2 is 2.43 bits per heavy atom. The molecular formula is C6H11N. The van der Waals surface area contributed by atoms with Gasteiger partial charge < -0.3 is 4.99 Å². The van der Waals surface area contributed by atoms with Crippen LogP contribution in [0.1, 0.15) is 13.3 Å². The van der Waals surface area contributed by atoms with Crippen LogP contribution in [-0.4, -0.2) is 13.3 Å². The van der Waals surface area contributed by atoms with E-state index in [9.17, 15) is 0 Å². The van der Waals surface area contributed by atoms with Crippen LogP contribution in [0.3, 0.4) is 0 Å². The van der Waals surface area contributed by atoms with E-state index in [2.05, 4.69) is 18.6 Å². The Kier molecular flexibility index (Phi) is 1.13. The third-order valence-corrected chi connectivity index (χ3v) is 1.64. The van der Waals surface area contributed by atoms with Crippen LogP contribution in [0.2, 0.25) is 0 Å². The molecule has 1 heteroatoms. The van der Waals surface area contributed by atoms with E-state index in [1.165, 1.54) is 6.42 Å². The summed E-state index contributed by atoms with van der Waals surface area (Å²) in [6.07, 6.45) is 1.37. The van der Waals surface area contributed by atoms with E-state index in [4.69, 9.17) is 0 Å². The van der Waals surface area contributed by atoms with Crippen molar-refractivity contribution in [2.24, 2.45) is 16.8 Å². The molecule has 1 rings (SSSR count). The summed E-state index contributed by atoms with van der Waals surface area (Å²) in [5.74, 6) is 1.82. The minimum Gasteiger partial charge on any atom is -0.301 e. The highest BCUT2D eigenvalue weighted by Crippen LogP contribution is 2.37. The first kappa shape index (κ1) is 4.82. The summed E-state index contributed by atoms with van der Waals surface area (Å²) < 4.78 is 0. The molecule has 0 aromatic carbocycles. The minimum atomic E-state index is 0.887. The van der Waals surface area contributed by atoms with Crippen LogP contribution in [0.5, 0.6) is 0 Å². The molecule has 0 aromatic heterocycles. The largest absolute Gasteiger partial charge is 0.301 e. The average molecular weight is 97.2 g/mol. The quantitative estimate of drug-likeness (QED) is 0.461. The van der Waals surface area contributed by atoms with Gasteiger partial charge in [0.05, 0.1) is 0 Å². The molecule has 0 amide bonds.